The molecule has 2 aromatic rings. The zero-order valence-electron chi connectivity index (χ0n) is 12.3. The fourth-order valence-corrected chi connectivity index (χ4v) is 2.16. The van der Waals surface area contributed by atoms with Crippen LogP contribution >= 0.6 is 0 Å². The molecule has 0 saturated carbocycles. The quantitative estimate of drug-likeness (QED) is 0.927. The topological polar surface area (TPSA) is 64.3 Å². The lowest BCUT2D eigenvalue weighted by molar-refractivity contribution is 0.415. The molecule has 106 valence electrons. The van der Waals surface area contributed by atoms with Crippen molar-refractivity contribution < 1.29 is 4.74 Å². The first-order valence-electron chi connectivity index (χ1n) is 6.52. The lowest BCUT2D eigenvalue weighted by Crippen LogP contribution is -2.16. The molecule has 20 heavy (non-hydrogen) atoms. The average Bonchev–Trinajstić information content (AvgIpc) is 2.45. The molecule has 1 aromatic carbocycles. The fourth-order valence-electron chi connectivity index (χ4n) is 2.16. The van der Waals surface area contributed by atoms with Gasteiger partial charge < -0.3 is 15.4 Å². The summed E-state index contributed by atoms with van der Waals surface area (Å²) < 4.78 is 5.26. The Bertz CT molecular complexity index is 598. The molecule has 2 N–H and O–H groups in total. The van der Waals surface area contributed by atoms with Crippen LogP contribution in [0.3, 0.4) is 0 Å². The Morgan fingerprint density at radius 2 is 2.00 bits per heavy atom. The highest BCUT2D eigenvalue weighted by molar-refractivity contribution is 5.67. The van der Waals surface area contributed by atoms with Gasteiger partial charge in [-0.2, -0.15) is 0 Å². The molecule has 0 fully saturated rings. The van der Waals surface area contributed by atoms with E-state index in [4.69, 9.17) is 10.5 Å². The highest BCUT2D eigenvalue weighted by Crippen LogP contribution is 2.33. The number of nitrogens with zero attached hydrogens (tertiary/aromatic N) is 3. The molecule has 0 bridgehead atoms. The molecule has 2 rings (SSSR count). The monoisotopic (exact) mass is 272 g/mol. The molecule has 0 spiro atoms. The molecule has 5 heteroatoms. The Kier molecular flexibility index (Phi) is 4.08. The number of aromatic nitrogens is 2. The molecule has 0 aliphatic heterocycles. The second kappa shape index (κ2) is 5.77. The van der Waals surface area contributed by atoms with E-state index in [1.165, 1.54) is 6.33 Å². The van der Waals surface area contributed by atoms with Crippen molar-refractivity contribution in [2.75, 3.05) is 24.8 Å². The highest BCUT2D eigenvalue weighted by atomic mass is 16.5. The van der Waals surface area contributed by atoms with Crippen molar-refractivity contribution in [3.63, 3.8) is 0 Å². The van der Waals surface area contributed by atoms with Gasteiger partial charge >= 0.3 is 0 Å². The Labute approximate surface area is 119 Å². The van der Waals surface area contributed by atoms with Crippen molar-refractivity contribution in [3.05, 3.63) is 36.2 Å². The van der Waals surface area contributed by atoms with E-state index in [0.29, 0.717) is 5.82 Å². The van der Waals surface area contributed by atoms with Crippen molar-refractivity contribution in [2.24, 2.45) is 0 Å². The standard InChI is InChI=1S/C15H20N4O/c1-10(2)13-14(16)17-9-18-15(13)19(3)11-6-5-7-12(8-11)20-4/h5-10H,1-4H3,(H2,16,17,18). The Morgan fingerprint density at radius 1 is 1.25 bits per heavy atom. The van der Waals surface area contributed by atoms with Gasteiger partial charge in [-0.15, -0.1) is 0 Å². The molecule has 0 aliphatic rings. The molecule has 0 atom stereocenters. The minimum absolute atomic E-state index is 0.249. The van der Waals surface area contributed by atoms with E-state index in [1.54, 1.807) is 7.11 Å². The van der Waals surface area contributed by atoms with Gasteiger partial charge in [0.25, 0.3) is 0 Å². The van der Waals surface area contributed by atoms with Crippen molar-refractivity contribution in [3.8, 4) is 5.75 Å². The third-order valence-electron chi connectivity index (χ3n) is 3.23. The van der Waals surface area contributed by atoms with E-state index in [-0.39, 0.29) is 5.92 Å². The molecule has 0 unspecified atom stereocenters. The number of rotatable bonds is 4. The van der Waals surface area contributed by atoms with Crippen molar-refractivity contribution in [1.29, 1.82) is 0 Å². The van der Waals surface area contributed by atoms with Crippen LogP contribution in [-0.4, -0.2) is 24.1 Å². The molecule has 0 saturated heterocycles. The van der Waals surface area contributed by atoms with Crippen molar-refractivity contribution in [2.45, 2.75) is 19.8 Å². The SMILES string of the molecule is COc1cccc(N(C)c2ncnc(N)c2C(C)C)c1. The maximum absolute atomic E-state index is 5.99. The minimum atomic E-state index is 0.249. The highest BCUT2D eigenvalue weighted by Gasteiger charge is 2.17. The minimum Gasteiger partial charge on any atom is -0.497 e. The third kappa shape index (κ3) is 2.66. The zero-order valence-corrected chi connectivity index (χ0v) is 12.3. The van der Waals surface area contributed by atoms with Gasteiger partial charge in [0.2, 0.25) is 0 Å². The van der Waals surface area contributed by atoms with Gasteiger partial charge in [-0.05, 0) is 18.1 Å². The van der Waals surface area contributed by atoms with E-state index in [2.05, 4.69) is 23.8 Å². The number of hydrogen-bond acceptors (Lipinski definition) is 5. The lowest BCUT2D eigenvalue weighted by Gasteiger charge is -2.23. The largest absolute Gasteiger partial charge is 0.497 e. The molecule has 1 aromatic heterocycles. The summed E-state index contributed by atoms with van der Waals surface area (Å²) in [4.78, 5) is 10.5. The summed E-state index contributed by atoms with van der Waals surface area (Å²) in [6.45, 7) is 4.16. The van der Waals surface area contributed by atoms with Crippen molar-refractivity contribution >= 4 is 17.3 Å². The van der Waals surface area contributed by atoms with Gasteiger partial charge in [0.1, 0.15) is 23.7 Å². The number of nitrogen functional groups attached to an aromatic ring is 1. The van der Waals surface area contributed by atoms with E-state index in [1.807, 2.05) is 36.2 Å². The van der Waals surface area contributed by atoms with Gasteiger partial charge in [0, 0.05) is 24.4 Å². The molecule has 1 heterocycles. The first kappa shape index (κ1) is 14.1. The first-order chi connectivity index (χ1) is 9.54. The Hall–Kier alpha value is -2.30. The number of ether oxygens (including phenoxy) is 1. The summed E-state index contributed by atoms with van der Waals surface area (Å²) in [5.74, 6) is 2.40. The van der Waals surface area contributed by atoms with Crippen LogP contribution in [0.2, 0.25) is 0 Å². The van der Waals surface area contributed by atoms with Gasteiger partial charge in [-0.1, -0.05) is 19.9 Å². The predicted molar refractivity (Wildman–Crippen MR) is 81.6 cm³/mol. The summed E-state index contributed by atoms with van der Waals surface area (Å²) in [6, 6.07) is 7.83. The van der Waals surface area contributed by atoms with Crippen LogP contribution in [0.5, 0.6) is 5.75 Å². The van der Waals surface area contributed by atoms with Crippen LogP contribution in [-0.2, 0) is 0 Å². The van der Waals surface area contributed by atoms with E-state index < -0.39 is 0 Å². The predicted octanol–water partition coefficient (Wildman–Crippen LogP) is 2.96. The molecule has 0 radical (unpaired) electrons. The van der Waals surface area contributed by atoms with Crippen LogP contribution in [0.4, 0.5) is 17.3 Å². The number of anilines is 3. The second-order valence-electron chi connectivity index (χ2n) is 4.91. The van der Waals surface area contributed by atoms with Crippen LogP contribution in [0.15, 0.2) is 30.6 Å². The van der Waals surface area contributed by atoms with Gasteiger partial charge in [0.05, 0.1) is 7.11 Å². The summed E-state index contributed by atoms with van der Waals surface area (Å²) in [5.41, 5.74) is 7.94. The Balaban J connectivity index is 2.47. The van der Waals surface area contributed by atoms with Gasteiger partial charge in [0.15, 0.2) is 0 Å². The Morgan fingerprint density at radius 3 is 2.65 bits per heavy atom. The maximum atomic E-state index is 5.99. The summed E-state index contributed by atoms with van der Waals surface area (Å²) in [7, 11) is 3.61. The van der Waals surface area contributed by atoms with E-state index >= 15 is 0 Å². The van der Waals surface area contributed by atoms with Crippen LogP contribution in [0.1, 0.15) is 25.3 Å². The number of benzene rings is 1. The molecule has 5 nitrogen and oxygen atoms in total. The summed E-state index contributed by atoms with van der Waals surface area (Å²) >= 11 is 0. The summed E-state index contributed by atoms with van der Waals surface area (Å²) in [6.07, 6.45) is 1.49. The molecule has 0 amide bonds. The lowest BCUT2D eigenvalue weighted by atomic mass is 10.0. The number of hydrogen-bond donors (Lipinski definition) is 1. The first-order valence-corrected chi connectivity index (χ1v) is 6.52. The number of nitrogens with two attached hydrogens (primary N) is 1. The van der Waals surface area contributed by atoms with Gasteiger partial charge in [-0.25, -0.2) is 9.97 Å². The fraction of sp³-hybridized carbons (Fsp3) is 0.333. The second-order valence-corrected chi connectivity index (χ2v) is 4.91. The normalized spacial score (nSPS) is 10.7. The van der Waals surface area contributed by atoms with Crippen molar-refractivity contribution in [1.82, 2.24) is 9.97 Å². The summed E-state index contributed by atoms with van der Waals surface area (Å²) in [5, 5.41) is 0. The van der Waals surface area contributed by atoms with E-state index in [9.17, 15) is 0 Å². The number of methoxy groups -OCH3 is 1. The molecular formula is C15H20N4O. The average molecular weight is 272 g/mol. The zero-order chi connectivity index (χ0) is 14.7. The smallest absolute Gasteiger partial charge is 0.141 e. The van der Waals surface area contributed by atoms with Crippen LogP contribution in [0.25, 0.3) is 0 Å². The van der Waals surface area contributed by atoms with Crippen LogP contribution in [0, 0.1) is 0 Å². The molecule has 0 aliphatic carbocycles. The van der Waals surface area contributed by atoms with E-state index in [0.717, 1.165) is 22.8 Å². The van der Waals surface area contributed by atoms with Crippen LogP contribution < -0.4 is 15.4 Å². The maximum Gasteiger partial charge on any atom is 0.141 e. The molecular weight excluding hydrogens is 252 g/mol. The van der Waals surface area contributed by atoms with Gasteiger partial charge in [-0.3, -0.25) is 0 Å². The third-order valence-corrected chi connectivity index (χ3v) is 3.23.